The van der Waals surface area contributed by atoms with Gasteiger partial charge in [-0.05, 0) is 26.7 Å². The third-order valence-corrected chi connectivity index (χ3v) is 4.89. The van der Waals surface area contributed by atoms with Gasteiger partial charge in [0, 0.05) is 45.2 Å². The van der Waals surface area contributed by atoms with Gasteiger partial charge in [0.15, 0.2) is 11.8 Å². The van der Waals surface area contributed by atoms with Crippen molar-refractivity contribution in [2.24, 2.45) is 4.99 Å². The zero-order valence-corrected chi connectivity index (χ0v) is 18.2. The highest BCUT2D eigenvalue weighted by Gasteiger charge is 2.18. The van der Waals surface area contributed by atoms with Crippen LogP contribution < -0.4 is 10.6 Å². The normalized spacial score (nSPS) is 19.4. The first-order chi connectivity index (χ1) is 12.3. The highest BCUT2D eigenvalue weighted by atomic mass is 127. The summed E-state index contributed by atoms with van der Waals surface area (Å²) >= 11 is 0. The van der Waals surface area contributed by atoms with Gasteiger partial charge in [0.2, 0.25) is 0 Å². The Balaban J connectivity index is 0.00000243. The lowest BCUT2D eigenvalue weighted by Gasteiger charge is -2.32. The number of halogens is 1. The molecule has 0 spiro atoms. The minimum Gasteiger partial charge on any atom is -0.379 e. The fraction of sp³-hybridized carbons (Fsp3) is 0.824. The van der Waals surface area contributed by atoms with E-state index in [1.807, 2.05) is 0 Å². The summed E-state index contributed by atoms with van der Waals surface area (Å²) in [5, 5.41) is 15.4. The largest absolute Gasteiger partial charge is 0.379 e. The molecule has 148 valence electrons. The van der Waals surface area contributed by atoms with Crippen LogP contribution in [0.5, 0.6) is 0 Å². The van der Waals surface area contributed by atoms with E-state index in [0.717, 1.165) is 70.0 Å². The van der Waals surface area contributed by atoms with Gasteiger partial charge in [0.1, 0.15) is 12.4 Å². The van der Waals surface area contributed by atoms with Crippen molar-refractivity contribution in [2.45, 2.75) is 52.2 Å². The van der Waals surface area contributed by atoms with Gasteiger partial charge in [0.05, 0.1) is 13.2 Å². The number of rotatable bonds is 6. The number of aromatic nitrogens is 3. The summed E-state index contributed by atoms with van der Waals surface area (Å²) in [6, 6.07) is 0.452. The van der Waals surface area contributed by atoms with Crippen LogP contribution in [0.3, 0.4) is 0 Å². The number of nitrogens with zero attached hydrogens (tertiary/aromatic N) is 5. The maximum absolute atomic E-state index is 5.43. The summed E-state index contributed by atoms with van der Waals surface area (Å²) in [6.07, 6.45) is 3.45. The van der Waals surface area contributed by atoms with Crippen LogP contribution in [0.4, 0.5) is 0 Å². The van der Waals surface area contributed by atoms with E-state index in [2.05, 4.69) is 44.1 Å². The Hall–Kier alpha value is -0.940. The Bertz CT molecular complexity index is 571. The lowest BCUT2D eigenvalue weighted by molar-refractivity contribution is 0.0211. The molecule has 1 saturated heterocycles. The Morgan fingerprint density at radius 3 is 2.77 bits per heavy atom. The van der Waals surface area contributed by atoms with Crippen molar-refractivity contribution in [1.82, 2.24) is 30.3 Å². The first kappa shape index (κ1) is 21.4. The van der Waals surface area contributed by atoms with Crippen molar-refractivity contribution in [3.8, 4) is 0 Å². The van der Waals surface area contributed by atoms with E-state index in [9.17, 15) is 0 Å². The first-order valence-corrected chi connectivity index (χ1v) is 9.53. The third-order valence-electron chi connectivity index (χ3n) is 4.89. The second-order valence-corrected chi connectivity index (χ2v) is 6.71. The molecule has 1 unspecified atom stereocenters. The van der Waals surface area contributed by atoms with Gasteiger partial charge in [-0.3, -0.25) is 4.90 Å². The summed E-state index contributed by atoms with van der Waals surface area (Å²) in [7, 11) is 0. The average molecular weight is 477 g/mol. The third kappa shape index (κ3) is 5.78. The molecule has 2 aliphatic heterocycles. The molecule has 3 rings (SSSR count). The van der Waals surface area contributed by atoms with E-state index in [-0.39, 0.29) is 24.0 Å². The quantitative estimate of drug-likeness (QED) is 0.362. The molecule has 3 heterocycles. The van der Waals surface area contributed by atoms with Gasteiger partial charge >= 0.3 is 0 Å². The molecule has 9 heteroatoms. The molecule has 0 aromatic carbocycles. The highest BCUT2D eigenvalue weighted by Crippen LogP contribution is 2.14. The maximum Gasteiger partial charge on any atom is 0.191 e. The van der Waals surface area contributed by atoms with Gasteiger partial charge in [-0.2, -0.15) is 0 Å². The Kier molecular flexibility index (Phi) is 9.06. The number of guanidine groups is 1. The molecule has 0 aliphatic carbocycles. The fourth-order valence-electron chi connectivity index (χ4n) is 3.37. The van der Waals surface area contributed by atoms with Crippen LogP contribution in [-0.4, -0.2) is 71.1 Å². The van der Waals surface area contributed by atoms with Gasteiger partial charge in [-0.15, -0.1) is 34.2 Å². The number of fused-ring (bicyclic) bond motifs is 1. The SMILES string of the molecule is CCNC(=NCc1nnc2n1CCCC2)NCC(C)N1CCOCC1.I. The van der Waals surface area contributed by atoms with Crippen molar-refractivity contribution < 1.29 is 4.74 Å². The van der Waals surface area contributed by atoms with Crippen LogP contribution in [-0.2, 0) is 24.2 Å². The zero-order chi connectivity index (χ0) is 17.5. The van der Waals surface area contributed by atoms with E-state index in [0.29, 0.717) is 12.6 Å². The number of nitrogens with one attached hydrogen (secondary N) is 2. The molecule has 0 amide bonds. The number of aryl methyl sites for hydroxylation is 1. The second-order valence-electron chi connectivity index (χ2n) is 6.71. The molecule has 1 atom stereocenters. The Morgan fingerprint density at radius 2 is 2.00 bits per heavy atom. The summed E-state index contributed by atoms with van der Waals surface area (Å²) in [6.45, 7) is 11.3. The lowest BCUT2D eigenvalue weighted by Crippen LogP contribution is -2.49. The topological polar surface area (TPSA) is 79.6 Å². The smallest absolute Gasteiger partial charge is 0.191 e. The first-order valence-electron chi connectivity index (χ1n) is 9.53. The Morgan fingerprint density at radius 1 is 1.19 bits per heavy atom. The van der Waals surface area contributed by atoms with Gasteiger partial charge in [0.25, 0.3) is 0 Å². The number of ether oxygens (including phenoxy) is 1. The molecule has 2 aliphatic rings. The van der Waals surface area contributed by atoms with E-state index >= 15 is 0 Å². The van der Waals surface area contributed by atoms with Crippen molar-refractivity contribution in [2.75, 3.05) is 39.4 Å². The molecule has 0 radical (unpaired) electrons. The summed E-state index contributed by atoms with van der Waals surface area (Å²) in [5.74, 6) is 2.92. The molecular formula is C17H32IN7O. The van der Waals surface area contributed by atoms with E-state index in [4.69, 9.17) is 9.73 Å². The van der Waals surface area contributed by atoms with Crippen LogP contribution in [0.15, 0.2) is 4.99 Å². The standard InChI is InChI=1S/C17H31N7O.HI/c1-3-18-17(19-12-14(2)23-8-10-25-11-9-23)20-13-16-22-21-15-6-4-5-7-24(15)16;/h14H,3-13H2,1-2H3,(H2,18,19,20);1H. The van der Waals surface area contributed by atoms with Crippen molar-refractivity contribution in [3.63, 3.8) is 0 Å². The molecule has 26 heavy (non-hydrogen) atoms. The molecule has 8 nitrogen and oxygen atoms in total. The minimum absolute atomic E-state index is 0. The van der Waals surface area contributed by atoms with E-state index in [1.165, 1.54) is 12.8 Å². The molecule has 1 aromatic rings. The van der Waals surface area contributed by atoms with Crippen LogP contribution in [0, 0.1) is 0 Å². The van der Waals surface area contributed by atoms with Crippen LogP contribution >= 0.6 is 24.0 Å². The van der Waals surface area contributed by atoms with Crippen LogP contribution in [0.25, 0.3) is 0 Å². The average Bonchev–Trinajstić information content (AvgIpc) is 3.07. The Labute approximate surface area is 173 Å². The fourth-order valence-corrected chi connectivity index (χ4v) is 3.37. The summed E-state index contributed by atoms with van der Waals surface area (Å²) in [4.78, 5) is 7.16. The molecule has 1 fully saturated rings. The molecule has 0 saturated carbocycles. The number of hydrogen-bond acceptors (Lipinski definition) is 5. The highest BCUT2D eigenvalue weighted by molar-refractivity contribution is 14.0. The van der Waals surface area contributed by atoms with Gasteiger partial charge < -0.3 is 19.9 Å². The van der Waals surface area contributed by atoms with Crippen molar-refractivity contribution in [1.29, 1.82) is 0 Å². The summed E-state index contributed by atoms with van der Waals surface area (Å²) in [5.41, 5.74) is 0. The maximum atomic E-state index is 5.43. The predicted molar refractivity (Wildman–Crippen MR) is 113 cm³/mol. The zero-order valence-electron chi connectivity index (χ0n) is 15.9. The minimum atomic E-state index is 0. The predicted octanol–water partition coefficient (Wildman–Crippen LogP) is 1.01. The van der Waals surface area contributed by atoms with Crippen LogP contribution in [0.2, 0.25) is 0 Å². The molecule has 0 bridgehead atoms. The monoisotopic (exact) mass is 477 g/mol. The van der Waals surface area contributed by atoms with Gasteiger partial charge in [-0.25, -0.2) is 4.99 Å². The summed E-state index contributed by atoms with van der Waals surface area (Å²) < 4.78 is 7.66. The molecular weight excluding hydrogens is 445 g/mol. The van der Waals surface area contributed by atoms with Crippen molar-refractivity contribution >= 4 is 29.9 Å². The molecule has 1 aromatic heterocycles. The van der Waals surface area contributed by atoms with E-state index in [1.54, 1.807) is 0 Å². The van der Waals surface area contributed by atoms with Crippen molar-refractivity contribution in [3.05, 3.63) is 11.6 Å². The lowest BCUT2D eigenvalue weighted by atomic mass is 10.2. The number of morpholine rings is 1. The van der Waals surface area contributed by atoms with Crippen LogP contribution in [0.1, 0.15) is 38.3 Å². The molecule has 2 N–H and O–H groups in total. The van der Waals surface area contributed by atoms with E-state index < -0.39 is 0 Å². The second kappa shape index (κ2) is 11.0. The number of hydrogen-bond donors (Lipinski definition) is 2. The van der Waals surface area contributed by atoms with Gasteiger partial charge in [-0.1, -0.05) is 0 Å². The number of aliphatic imine (C=N–C) groups is 1.